The number of thiazole rings is 1. The van der Waals surface area contributed by atoms with Crippen molar-refractivity contribution < 1.29 is 47.4 Å². The predicted octanol–water partition coefficient (Wildman–Crippen LogP) is -0.655. The number of nitrogens with zero attached hydrogens (tertiary/aromatic N) is 3. The second-order valence-corrected chi connectivity index (χ2v) is 12.9. The van der Waals surface area contributed by atoms with Crippen LogP contribution in [0.5, 0.6) is 0 Å². The molecular weight excluding hydrogens is 639 g/mol. The number of carbonyl (C=O) groups is 5. The van der Waals surface area contributed by atoms with E-state index in [4.69, 9.17) is 37.4 Å². The van der Waals surface area contributed by atoms with Crippen LogP contribution in [0.15, 0.2) is 16.4 Å². The van der Waals surface area contributed by atoms with E-state index in [0.29, 0.717) is 0 Å². The van der Waals surface area contributed by atoms with Gasteiger partial charge in [0.25, 0.3) is 17.8 Å². The maximum atomic E-state index is 13.4. The number of alkyl halides is 1. The Kier molecular flexibility index (Phi) is 11.2. The van der Waals surface area contributed by atoms with Crippen LogP contribution >= 0.6 is 34.5 Å². The third-order valence-electron chi connectivity index (χ3n) is 5.45. The van der Waals surface area contributed by atoms with Gasteiger partial charge in [0.2, 0.25) is 5.37 Å². The van der Waals surface area contributed by atoms with Gasteiger partial charge in [0.15, 0.2) is 16.9 Å². The first-order chi connectivity index (χ1) is 19.7. The fourth-order valence-corrected chi connectivity index (χ4v) is 6.73. The van der Waals surface area contributed by atoms with Crippen molar-refractivity contribution in [2.75, 3.05) is 23.6 Å². The van der Waals surface area contributed by atoms with Crippen molar-refractivity contribution in [1.82, 2.24) is 15.2 Å². The van der Waals surface area contributed by atoms with Crippen LogP contribution in [0.4, 0.5) is 9.93 Å². The van der Waals surface area contributed by atoms with Gasteiger partial charge in [-0.25, -0.2) is 14.6 Å². The lowest BCUT2D eigenvalue weighted by molar-refractivity contribution is -0.149. The van der Waals surface area contributed by atoms with E-state index in [1.807, 2.05) is 0 Å². The standard InChI is InChI=1S/C21H25B2Cl2N5O10S2/c1-21(2,3)38-20(35)28-19-27-10(14(25)41-19)11(29-37-5-4-9(31)39-22)15(32)26-12-16(33)30-13(18(34)40-23)8(6-24)7-42(36)17(12)30/h12,17H,4-7,22-23H2,1-3H3,(H,26,32)(H,27,28,35)/b29-11-/t12-,17-,42?/m1/s1. The summed E-state index contributed by atoms with van der Waals surface area (Å²) >= 11 is 11.3. The van der Waals surface area contributed by atoms with Crippen LogP contribution in [0.1, 0.15) is 32.9 Å². The van der Waals surface area contributed by atoms with E-state index in [0.717, 1.165) is 24.3 Å². The van der Waals surface area contributed by atoms with E-state index < -0.39 is 63.8 Å². The zero-order valence-electron chi connectivity index (χ0n) is 23.0. The summed E-state index contributed by atoms with van der Waals surface area (Å²) in [5.41, 5.74) is -1.42. The molecule has 3 rings (SSSR count). The Labute approximate surface area is 258 Å². The van der Waals surface area contributed by atoms with Gasteiger partial charge in [0.1, 0.15) is 33.7 Å². The number of fused-ring (bicyclic) bond motifs is 1. The number of aromatic nitrogens is 1. The molecule has 1 aromatic heterocycles. The topological polar surface area (TPSA) is 198 Å². The Hall–Kier alpha value is -2.99. The third-order valence-corrected chi connectivity index (χ3v) is 8.59. The Bertz CT molecular complexity index is 1340. The summed E-state index contributed by atoms with van der Waals surface area (Å²) in [6.07, 6.45) is -1.03. The summed E-state index contributed by atoms with van der Waals surface area (Å²) in [5, 5.41) is 7.46. The first-order valence-electron chi connectivity index (χ1n) is 12.0. The van der Waals surface area contributed by atoms with Gasteiger partial charge < -0.3 is 28.8 Å². The second kappa shape index (κ2) is 14.0. The molecule has 2 N–H and O–H groups in total. The van der Waals surface area contributed by atoms with E-state index in [1.165, 1.54) is 8.05 Å². The number of amides is 3. The van der Waals surface area contributed by atoms with Crippen molar-refractivity contribution in [2.24, 2.45) is 5.16 Å². The molecule has 15 nitrogen and oxygen atoms in total. The summed E-state index contributed by atoms with van der Waals surface area (Å²) in [7, 11) is 2.31. The minimum absolute atomic E-state index is 0.0416. The van der Waals surface area contributed by atoms with E-state index >= 15 is 0 Å². The van der Waals surface area contributed by atoms with Crippen molar-refractivity contribution >= 4 is 103 Å². The number of β-lactam (4-membered cyclic amide) rings is 1. The van der Waals surface area contributed by atoms with Crippen LogP contribution in [0, 0.1) is 0 Å². The summed E-state index contributed by atoms with van der Waals surface area (Å²) in [4.78, 5) is 72.7. The van der Waals surface area contributed by atoms with Gasteiger partial charge in [-0.05, 0) is 31.9 Å². The predicted molar refractivity (Wildman–Crippen MR) is 157 cm³/mol. The lowest BCUT2D eigenvalue weighted by atomic mass is 10.0. The summed E-state index contributed by atoms with van der Waals surface area (Å²) < 4.78 is 27.3. The number of halogens is 2. The van der Waals surface area contributed by atoms with E-state index in [2.05, 4.69) is 25.4 Å². The number of nitrogens with one attached hydrogen (secondary N) is 2. The molecule has 42 heavy (non-hydrogen) atoms. The third kappa shape index (κ3) is 7.69. The average Bonchev–Trinajstić information content (AvgIpc) is 3.27. The number of rotatable bonds is 10. The molecule has 0 aromatic carbocycles. The molecule has 1 fully saturated rings. The van der Waals surface area contributed by atoms with Gasteiger partial charge >= 0.3 is 28.2 Å². The highest BCUT2D eigenvalue weighted by Gasteiger charge is 2.61. The molecule has 1 saturated heterocycles. The maximum Gasteiger partial charge on any atom is 0.413 e. The Morgan fingerprint density at radius 2 is 1.95 bits per heavy atom. The molecule has 0 aliphatic carbocycles. The second-order valence-electron chi connectivity index (χ2n) is 9.52. The molecular formula is C21H25B2Cl2N5O10S2. The molecule has 0 saturated carbocycles. The van der Waals surface area contributed by atoms with Crippen molar-refractivity contribution in [3.63, 3.8) is 0 Å². The SMILES string of the molecule is BOC(=O)CCO/N=C(\C(=O)N[C@@H]1C(=O)N2C(C(=O)OB)=C(CCl)C[S+]([O-])[C@H]12)c1nc(NC(=O)OC(C)(C)C)sc1Cl. The van der Waals surface area contributed by atoms with E-state index in [1.54, 1.807) is 20.8 Å². The van der Waals surface area contributed by atoms with Crippen molar-refractivity contribution in [3.8, 4) is 0 Å². The lowest BCUT2D eigenvalue weighted by Gasteiger charge is -2.49. The zero-order chi connectivity index (χ0) is 31.4. The molecule has 0 bridgehead atoms. The summed E-state index contributed by atoms with van der Waals surface area (Å²) in [6, 6.07) is -1.33. The number of hydrogen-bond acceptors (Lipinski definition) is 13. The molecule has 21 heteroatoms. The smallest absolute Gasteiger partial charge is 0.413 e. The molecule has 3 atom stereocenters. The van der Waals surface area contributed by atoms with Crippen LogP contribution in [-0.2, 0) is 49.2 Å². The Morgan fingerprint density at radius 1 is 1.26 bits per heavy atom. The van der Waals surface area contributed by atoms with E-state index in [-0.39, 0.29) is 51.1 Å². The maximum absolute atomic E-state index is 13.4. The van der Waals surface area contributed by atoms with Crippen molar-refractivity contribution in [1.29, 1.82) is 0 Å². The fourth-order valence-electron chi connectivity index (χ4n) is 3.68. The summed E-state index contributed by atoms with van der Waals surface area (Å²) in [6.45, 7) is 4.70. The van der Waals surface area contributed by atoms with Crippen LogP contribution < -0.4 is 10.6 Å². The van der Waals surface area contributed by atoms with Crippen molar-refractivity contribution in [3.05, 3.63) is 21.3 Å². The number of hydrogen-bond donors (Lipinski definition) is 2. The van der Waals surface area contributed by atoms with Crippen LogP contribution in [0.3, 0.4) is 0 Å². The zero-order valence-corrected chi connectivity index (χ0v) is 26.1. The minimum Gasteiger partial charge on any atom is -0.614 e. The molecule has 2 aliphatic heterocycles. The Balaban J connectivity index is 1.87. The number of anilines is 1. The molecule has 3 heterocycles. The average molecular weight is 664 g/mol. The number of carbonyl (C=O) groups excluding carboxylic acids is 5. The van der Waals surface area contributed by atoms with Crippen LogP contribution in [0.2, 0.25) is 4.34 Å². The molecule has 3 amide bonds. The highest BCUT2D eigenvalue weighted by Crippen LogP contribution is 2.37. The van der Waals surface area contributed by atoms with Gasteiger partial charge in [0, 0.05) is 5.57 Å². The summed E-state index contributed by atoms with van der Waals surface area (Å²) in [5.74, 6) is -3.48. The normalized spacial score (nSPS) is 20.2. The Morgan fingerprint density at radius 3 is 2.55 bits per heavy atom. The molecule has 2 aliphatic rings. The highest BCUT2D eigenvalue weighted by atomic mass is 35.5. The van der Waals surface area contributed by atoms with Crippen LogP contribution in [-0.4, -0.2) is 101 Å². The number of oxime groups is 1. The molecule has 0 spiro atoms. The van der Waals surface area contributed by atoms with E-state index in [9.17, 15) is 28.5 Å². The molecule has 0 radical (unpaired) electrons. The monoisotopic (exact) mass is 663 g/mol. The van der Waals surface area contributed by atoms with Crippen LogP contribution in [0.25, 0.3) is 0 Å². The van der Waals surface area contributed by atoms with Gasteiger partial charge in [-0.15, -0.1) is 11.6 Å². The van der Waals surface area contributed by atoms with Gasteiger partial charge in [-0.1, -0.05) is 28.1 Å². The van der Waals surface area contributed by atoms with Gasteiger partial charge in [-0.2, -0.15) is 0 Å². The quantitative estimate of drug-likeness (QED) is 0.0613. The molecule has 226 valence electrons. The molecule has 1 aromatic rings. The number of ether oxygens (including phenoxy) is 1. The first-order valence-corrected chi connectivity index (χ1v) is 15.1. The van der Waals surface area contributed by atoms with Gasteiger partial charge in [-0.3, -0.25) is 24.6 Å². The fraction of sp³-hybridized carbons (Fsp3) is 0.476. The van der Waals surface area contributed by atoms with Gasteiger partial charge in [0.05, 0.1) is 12.3 Å². The minimum atomic E-state index is -1.73. The largest absolute Gasteiger partial charge is 0.614 e. The highest BCUT2D eigenvalue weighted by molar-refractivity contribution is 7.92. The lowest BCUT2D eigenvalue weighted by Crippen LogP contribution is -2.75. The van der Waals surface area contributed by atoms with Crippen molar-refractivity contribution in [2.45, 2.75) is 44.2 Å². The molecule has 1 unspecified atom stereocenters. The first kappa shape index (κ1) is 33.5.